The number of piperidine rings is 1. The number of halogens is 1. The highest BCUT2D eigenvalue weighted by molar-refractivity contribution is 7.70. The fourth-order valence-electron chi connectivity index (χ4n) is 6.55. The zero-order chi connectivity index (χ0) is 29.4. The van der Waals surface area contributed by atoms with E-state index in [4.69, 9.17) is 16.3 Å². The molecular weight excluding hydrogens is 569 g/mol. The molecule has 0 amide bonds. The number of piperazine rings is 1. The molecular formula is C31H41ClN7O2P. The van der Waals surface area contributed by atoms with Gasteiger partial charge < -0.3 is 29.7 Å². The van der Waals surface area contributed by atoms with Gasteiger partial charge in [0.2, 0.25) is 5.95 Å². The van der Waals surface area contributed by atoms with Crippen LogP contribution in [0.4, 0.5) is 28.8 Å². The van der Waals surface area contributed by atoms with Crippen molar-refractivity contribution >= 4 is 52.9 Å². The average molecular weight is 610 g/mol. The number of likely N-dealkylation sites (tertiary alicyclic amines) is 1. The molecule has 2 aromatic carbocycles. The Hall–Kier alpha value is -2.84. The number of hydrogen-bond donors (Lipinski definition) is 2. The first-order chi connectivity index (χ1) is 20.2. The monoisotopic (exact) mass is 609 g/mol. The maximum Gasteiger partial charge on any atom is 0.229 e. The van der Waals surface area contributed by atoms with Gasteiger partial charge in [-0.2, -0.15) is 4.98 Å². The van der Waals surface area contributed by atoms with Crippen molar-refractivity contribution in [2.24, 2.45) is 0 Å². The summed E-state index contributed by atoms with van der Waals surface area (Å²) < 4.78 is 19.2. The molecule has 1 aromatic heterocycles. The van der Waals surface area contributed by atoms with Crippen LogP contribution in [0.25, 0.3) is 0 Å². The standard InChI is InChI=1S/C31H41ClN7O2P/c1-5-37-12-10-23(11-13-37)38-14-15-39-24(19-38)20-41-27-17-22(16-21(2)29(27)39)34-31-33-18-25(32)30(36-31)35-26-8-6-7-9-28(26)42(3,4)40/h6-9,16-18,23-24H,5,10-15,19-20H2,1-4H3,(H2,33,34,35,36)/t24-/m1/s1. The lowest BCUT2D eigenvalue weighted by atomic mass is 9.99. The Morgan fingerprint density at radius 1 is 1.07 bits per heavy atom. The maximum absolute atomic E-state index is 12.8. The minimum atomic E-state index is -2.50. The van der Waals surface area contributed by atoms with E-state index in [1.165, 1.54) is 31.6 Å². The Morgan fingerprint density at radius 2 is 1.86 bits per heavy atom. The molecule has 3 aliphatic heterocycles. The first-order valence-corrected chi connectivity index (χ1v) is 17.9. The molecule has 6 rings (SSSR count). The molecule has 4 heterocycles. The second-order valence-electron chi connectivity index (χ2n) is 12.0. The van der Waals surface area contributed by atoms with Gasteiger partial charge in [0.05, 0.1) is 23.6 Å². The topological polar surface area (TPSA) is 85.9 Å². The first kappa shape index (κ1) is 29.2. The SMILES string of the molecule is CCN1CCC(N2CCN3c4c(C)cc(Nc5ncc(Cl)c(Nc6ccccc6P(C)(C)=O)n5)cc4OC[C@H]3C2)CC1. The molecule has 224 valence electrons. The van der Waals surface area contributed by atoms with Crippen LogP contribution in [0.3, 0.4) is 0 Å². The molecule has 0 spiro atoms. The molecule has 0 unspecified atom stereocenters. The summed E-state index contributed by atoms with van der Waals surface area (Å²) >= 11 is 6.46. The third kappa shape index (κ3) is 6.11. The number of ether oxygens (including phenoxy) is 1. The van der Waals surface area contributed by atoms with Crippen molar-refractivity contribution in [1.82, 2.24) is 19.8 Å². The average Bonchev–Trinajstić information content (AvgIpc) is 2.98. The fraction of sp³-hybridized carbons (Fsp3) is 0.484. The van der Waals surface area contributed by atoms with Crippen LogP contribution < -0.4 is 25.6 Å². The molecule has 3 aliphatic rings. The van der Waals surface area contributed by atoms with Gasteiger partial charge in [-0.15, -0.1) is 0 Å². The number of aromatic nitrogens is 2. The van der Waals surface area contributed by atoms with Gasteiger partial charge in [-0.3, -0.25) is 4.90 Å². The highest BCUT2D eigenvalue weighted by Crippen LogP contribution is 2.42. The smallest absolute Gasteiger partial charge is 0.229 e. The maximum atomic E-state index is 12.8. The molecule has 2 fully saturated rings. The highest BCUT2D eigenvalue weighted by Gasteiger charge is 2.37. The van der Waals surface area contributed by atoms with E-state index in [0.29, 0.717) is 35.5 Å². The summed E-state index contributed by atoms with van der Waals surface area (Å²) in [7, 11) is -2.50. The predicted octanol–water partition coefficient (Wildman–Crippen LogP) is 5.54. The Balaban J connectivity index is 1.16. The van der Waals surface area contributed by atoms with Crippen LogP contribution in [0.5, 0.6) is 5.75 Å². The lowest BCUT2D eigenvalue weighted by Gasteiger charge is -2.49. The number of benzene rings is 2. The summed E-state index contributed by atoms with van der Waals surface area (Å²) in [5.74, 6) is 1.75. The van der Waals surface area contributed by atoms with E-state index >= 15 is 0 Å². The van der Waals surface area contributed by atoms with Gasteiger partial charge in [-0.25, -0.2) is 4.98 Å². The number of fused-ring (bicyclic) bond motifs is 3. The van der Waals surface area contributed by atoms with Crippen LogP contribution in [0.2, 0.25) is 5.02 Å². The number of anilines is 5. The third-order valence-corrected chi connectivity index (χ3v) is 10.6. The minimum absolute atomic E-state index is 0.366. The molecule has 2 N–H and O–H groups in total. The van der Waals surface area contributed by atoms with Crippen molar-refractivity contribution in [2.45, 2.75) is 38.8 Å². The number of rotatable bonds is 7. The van der Waals surface area contributed by atoms with Crippen molar-refractivity contribution in [2.75, 3.05) is 74.7 Å². The van der Waals surface area contributed by atoms with E-state index in [9.17, 15) is 4.57 Å². The van der Waals surface area contributed by atoms with Crippen LogP contribution >= 0.6 is 18.7 Å². The van der Waals surface area contributed by atoms with Crippen molar-refractivity contribution in [1.29, 1.82) is 0 Å². The van der Waals surface area contributed by atoms with Gasteiger partial charge in [-0.1, -0.05) is 30.7 Å². The summed E-state index contributed by atoms with van der Waals surface area (Å²) in [5.41, 5.74) is 3.92. The third-order valence-electron chi connectivity index (χ3n) is 8.76. The molecule has 3 aromatic rings. The van der Waals surface area contributed by atoms with E-state index in [-0.39, 0.29) is 0 Å². The first-order valence-electron chi connectivity index (χ1n) is 14.9. The van der Waals surface area contributed by atoms with Gasteiger partial charge in [0, 0.05) is 42.7 Å². The minimum Gasteiger partial charge on any atom is -0.489 e. The van der Waals surface area contributed by atoms with Crippen LogP contribution in [0.1, 0.15) is 25.3 Å². The molecule has 0 saturated carbocycles. The van der Waals surface area contributed by atoms with Crippen molar-refractivity contribution in [3.05, 3.63) is 53.2 Å². The molecule has 0 radical (unpaired) electrons. The zero-order valence-electron chi connectivity index (χ0n) is 24.9. The van der Waals surface area contributed by atoms with Gasteiger partial charge in [0.1, 0.15) is 24.5 Å². The molecule has 0 aliphatic carbocycles. The second-order valence-corrected chi connectivity index (χ2v) is 15.6. The van der Waals surface area contributed by atoms with Crippen LogP contribution in [-0.4, -0.2) is 91.1 Å². The Labute approximate surface area is 254 Å². The number of hydrogen-bond acceptors (Lipinski definition) is 9. The Kier molecular flexibility index (Phi) is 8.38. The molecule has 1 atom stereocenters. The van der Waals surface area contributed by atoms with E-state index < -0.39 is 7.14 Å². The Morgan fingerprint density at radius 3 is 2.62 bits per heavy atom. The second kappa shape index (κ2) is 12.0. The fourth-order valence-corrected chi connectivity index (χ4v) is 7.85. The summed E-state index contributed by atoms with van der Waals surface area (Å²) in [6.45, 7) is 15.3. The van der Waals surface area contributed by atoms with E-state index in [1.807, 2.05) is 30.3 Å². The van der Waals surface area contributed by atoms with Crippen molar-refractivity contribution in [3.8, 4) is 5.75 Å². The summed E-state index contributed by atoms with van der Waals surface area (Å²) in [4.78, 5) is 16.9. The molecule has 11 heteroatoms. The van der Waals surface area contributed by atoms with Crippen LogP contribution in [0.15, 0.2) is 42.6 Å². The summed E-state index contributed by atoms with van der Waals surface area (Å²) in [5, 5.41) is 7.73. The molecule has 0 bridgehead atoms. The van der Waals surface area contributed by atoms with Crippen LogP contribution in [-0.2, 0) is 4.57 Å². The van der Waals surface area contributed by atoms with Gasteiger partial charge in [0.25, 0.3) is 0 Å². The number of aryl methyl sites for hydroxylation is 1. The lowest BCUT2D eigenvalue weighted by molar-refractivity contribution is 0.0810. The molecule has 9 nitrogen and oxygen atoms in total. The predicted molar refractivity (Wildman–Crippen MR) is 174 cm³/mol. The molecule has 42 heavy (non-hydrogen) atoms. The van der Waals surface area contributed by atoms with Crippen molar-refractivity contribution in [3.63, 3.8) is 0 Å². The number of nitrogens with zero attached hydrogens (tertiary/aromatic N) is 5. The van der Waals surface area contributed by atoms with E-state index in [2.05, 4.69) is 55.2 Å². The largest absolute Gasteiger partial charge is 0.489 e. The van der Waals surface area contributed by atoms with Gasteiger partial charge in [-0.05, 0) is 76.5 Å². The van der Waals surface area contributed by atoms with Gasteiger partial charge >= 0.3 is 0 Å². The Bertz CT molecular complexity index is 1490. The summed E-state index contributed by atoms with van der Waals surface area (Å²) in [6, 6.07) is 12.7. The van der Waals surface area contributed by atoms with Crippen molar-refractivity contribution < 1.29 is 9.30 Å². The van der Waals surface area contributed by atoms with Gasteiger partial charge in [0.15, 0.2) is 5.82 Å². The van der Waals surface area contributed by atoms with E-state index in [1.54, 1.807) is 19.5 Å². The molecule has 2 saturated heterocycles. The lowest BCUT2D eigenvalue weighted by Crippen LogP contribution is -2.60. The number of nitrogens with one attached hydrogen (secondary N) is 2. The quantitative estimate of drug-likeness (QED) is 0.335. The summed E-state index contributed by atoms with van der Waals surface area (Å²) in [6.07, 6.45) is 4.10. The van der Waals surface area contributed by atoms with E-state index in [0.717, 1.165) is 54.2 Å². The van der Waals surface area contributed by atoms with Crippen LogP contribution in [0, 0.1) is 6.92 Å². The number of para-hydroxylation sites is 1. The normalized spacial score (nSPS) is 20.0. The highest BCUT2D eigenvalue weighted by atomic mass is 35.5. The zero-order valence-corrected chi connectivity index (χ0v) is 26.6.